The number of ether oxygens (including phenoxy) is 1. The van der Waals surface area contributed by atoms with E-state index in [1.54, 1.807) is 0 Å². The van der Waals surface area contributed by atoms with E-state index >= 15 is 0 Å². The van der Waals surface area contributed by atoms with E-state index in [1.807, 2.05) is 10.8 Å². The highest BCUT2D eigenvalue weighted by Gasteiger charge is 2.28. The van der Waals surface area contributed by atoms with Crippen LogP contribution in [0.5, 0.6) is 0 Å². The van der Waals surface area contributed by atoms with Crippen LogP contribution in [0.15, 0.2) is 12.5 Å². The molecule has 1 fully saturated rings. The number of halogens is 1. The van der Waals surface area contributed by atoms with Crippen molar-refractivity contribution in [1.82, 2.24) is 14.5 Å². The Bertz CT molecular complexity index is 586. The van der Waals surface area contributed by atoms with Gasteiger partial charge in [-0.2, -0.15) is 0 Å². The molecule has 3 rings (SSSR count). The van der Waals surface area contributed by atoms with Crippen LogP contribution in [0.4, 0.5) is 5.82 Å². The Kier molecular flexibility index (Phi) is 3.12. The topological polar surface area (TPSA) is 86.2 Å². The Morgan fingerprint density at radius 2 is 2.33 bits per heavy atom. The molecule has 0 bridgehead atoms. The summed E-state index contributed by atoms with van der Waals surface area (Å²) in [4.78, 5) is 8.29. The van der Waals surface area contributed by atoms with Gasteiger partial charge < -0.3 is 20.1 Å². The van der Waals surface area contributed by atoms with E-state index in [2.05, 4.69) is 32.6 Å². The number of nitrogens with two attached hydrogens (primary N) is 1. The standard InChI is InChI=1S/C11H13IN4O2/c12-7-3-16(8-2-1-6(4-17)18-8)11-9(7)10(13)14-5-15-11/h3,5-6,8,17H,1-2,4H2,(H2,13,14,15). The second-order valence-corrected chi connectivity index (χ2v) is 5.48. The molecule has 2 unspecified atom stereocenters. The van der Waals surface area contributed by atoms with Gasteiger partial charge in [-0.15, -0.1) is 0 Å². The lowest BCUT2D eigenvalue weighted by atomic mass is 10.2. The second kappa shape index (κ2) is 4.63. The maximum atomic E-state index is 9.11. The summed E-state index contributed by atoms with van der Waals surface area (Å²) in [5.41, 5.74) is 6.66. The molecule has 3 N–H and O–H groups in total. The largest absolute Gasteiger partial charge is 0.394 e. The third kappa shape index (κ3) is 1.86. The van der Waals surface area contributed by atoms with Gasteiger partial charge in [-0.3, -0.25) is 0 Å². The summed E-state index contributed by atoms with van der Waals surface area (Å²) in [6.45, 7) is 0.0594. The summed E-state index contributed by atoms with van der Waals surface area (Å²) in [7, 11) is 0. The van der Waals surface area contributed by atoms with E-state index in [-0.39, 0.29) is 18.9 Å². The van der Waals surface area contributed by atoms with E-state index in [4.69, 9.17) is 15.6 Å². The summed E-state index contributed by atoms with van der Waals surface area (Å²) in [5.74, 6) is 0.486. The lowest BCUT2D eigenvalue weighted by molar-refractivity contribution is -0.0205. The van der Waals surface area contributed by atoms with Gasteiger partial charge in [-0.25, -0.2) is 9.97 Å². The smallest absolute Gasteiger partial charge is 0.148 e. The normalized spacial score (nSPS) is 23.9. The second-order valence-electron chi connectivity index (χ2n) is 4.31. The van der Waals surface area contributed by atoms with Crippen molar-refractivity contribution in [1.29, 1.82) is 0 Å². The SMILES string of the molecule is Nc1ncnc2c1c(I)cn2C1CCC(CO)O1. The van der Waals surface area contributed by atoms with Gasteiger partial charge in [0.2, 0.25) is 0 Å². The number of nitrogen functional groups attached to an aromatic ring is 1. The zero-order valence-corrected chi connectivity index (χ0v) is 11.7. The van der Waals surface area contributed by atoms with E-state index in [0.29, 0.717) is 5.82 Å². The first-order valence-corrected chi connectivity index (χ1v) is 6.81. The third-order valence-electron chi connectivity index (χ3n) is 3.19. The van der Waals surface area contributed by atoms with Gasteiger partial charge in [-0.1, -0.05) is 0 Å². The van der Waals surface area contributed by atoms with Crippen molar-refractivity contribution in [3.05, 3.63) is 16.1 Å². The number of aliphatic hydroxyl groups excluding tert-OH is 1. The molecule has 2 aromatic heterocycles. The predicted molar refractivity (Wildman–Crippen MR) is 74.9 cm³/mol. The highest BCUT2D eigenvalue weighted by Crippen LogP contribution is 2.34. The number of aromatic nitrogens is 3. The molecule has 1 aliphatic heterocycles. The van der Waals surface area contributed by atoms with Gasteiger partial charge in [0.25, 0.3) is 0 Å². The zero-order valence-electron chi connectivity index (χ0n) is 9.58. The average molecular weight is 360 g/mol. The summed E-state index contributed by atoms with van der Waals surface area (Å²) >= 11 is 2.22. The van der Waals surface area contributed by atoms with Gasteiger partial charge in [0, 0.05) is 9.77 Å². The molecule has 0 saturated carbocycles. The van der Waals surface area contributed by atoms with E-state index in [0.717, 1.165) is 27.4 Å². The fourth-order valence-electron chi connectivity index (χ4n) is 2.31. The maximum Gasteiger partial charge on any atom is 0.148 e. The van der Waals surface area contributed by atoms with Crippen molar-refractivity contribution in [2.75, 3.05) is 12.3 Å². The minimum atomic E-state index is -0.0811. The number of rotatable bonds is 2. The highest BCUT2D eigenvalue weighted by molar-refractivity contribution is 14.1. The van der Waals surface area contributed by atoms with Crippen molar-refractivity contribution >= 4 is 39.4 Å². The van der Waals surface area contributed by atoms with E-state index in [1.165, 1.54) is 6.33 Å². The van der Waals surface area contributed by atoms with Crippen LogP contribution in [0.2, 0.25) is 0 Å². The molecule has 0 aromatic carbocycles. The molecule has 3 heterocycles. The van der Waals surface area contributed by atoms with Gasteiger partial charge in [0.1, 0.15) is 24.0 Å². The number of aliphatic hydroxyl groups is 1. The lowest BCUT2D eigenvalue weighted by Crippen LogP contribution is -2.14. The molecular weight excluding hydrogens is 347 g/mol. The quantitative estimate of drug-likeness (QED) is 0.789. The number of fused-ring (bicyclic) bond motifs is 1. The van der Waals surface area contributed by atoms with Crippen LogP contribution in [-0.2, 0) is 4.74 Å². The van der Waals surface area contributed by atoms with Gasteiger partial charge in [-0.05, 0) is 35.4 Å². The molecule has 1 saturated heterocycles. The summed E-state index contributed by atoms with van der Waals surface area (Å²) in [6.07, 6.45) is 5.00. The van der Waals surface area contributed by atoms with Crippen LogP contribution in [-0.4, -0.2) is 32.4 Å². The monoisotopic (exact) mass is 360 g/mol. The Morgan fingerprint density at radius 3 is 3.06 bits per heavy atom. The van der Waals surface area contributed by atoms with E-state index < -0.39 is 0 Å². The van der Waals surface area contributed by atoms with Crippen molar-refractivity contribution in [3.63, 3.8) is 0 Å². The molecule has 18 heavy (non-hydrogen) atoms. The number of nitrogens with zero attached hydrogens (tertiary/aromatic N) is 3. The minimum absolute atomic E-state index is 0.0594. The van der Waals surface area contributed by atoms with Crippen LogP contribution in [0.25, 0.3) is 11.0 Å². The van der Waals surface area contributed by atoms with Crippen LogP contribution in [0.1, 0.15) is 19.1 Å². The van der Waals surface area contributed by atoms with Gasteiger partial charge >= 0.3 is 0 Å². The highest BCUT2D eigenvalue weighted by atomic mass is 127. The molecule has 1 aliphatic rings. The molecule has 7 heteroatoms. The van der Waals surface area contributed by atoms with Crippen LogP contribution >= 0.6 is 22.6 Å². The minimum Gasteiger partial charge on any atom is -0.394 e. The van der Waals surface area contributed by atoms with E-state index in [9.17, 15) is 0 Å². The first-order chi connectivity index (χ1) is 8.70. The van der Waals surface area contributed by atoms with Crippen LogP contribution in [0.3, 0.4) is 0 Å². The maximum absolute atomic E-state index is 9.11. The molecule has 0 amide bonds. The van der Waals surface area contributed by atoms with Crippen molar-refractivity contribution in [3.8, 4) is 0 Å². The molecule has 0 spiro atoms. The van der Waals surface area contributed by atoms with Gasteiger partial charge in [0.05, 0.1) is 18.1 Å². The molecule has 96 valence electrons. The summed E-state index contributed by atoms with van der Waals surface area (Å²) < 4.78 is 8.75. The first kappa shape index (κ1) is 12.1. The van der Waals surface area contributed by atoms with Crippen molar-refractivity contribution in [2.45, 2.75) is 25.2 Å². The van der Waals surface area contributed by atoms with Crippen LogP contribution < -0.4 is 5.73 Å². The summed E-state index contributed by atoms with van der Waals surface area (Å²) in [5, 5.41) is 9.98. The third-order valence-corrected chi connectivity index (χ3v) is 4.01. The average Bonchev–Trinajstić information content (AvgIpc) is 2.94. The van der Waals surface area contributed by atoms with Crippen LogP contribution in [0, 0.1) is 3.57 Å². The Labute approximate surface area is 117 Å². The Balaban J connectivity index is 2.06. The first-order valence-electron chi connectivity index (χ1n) is 5.73. The van der Waals surface area contributed by atoms with Crippen molar-refractivity contribution in [2.24, 2.45) is 0 Å². The number of hydrogen-bond acceptors (Lipinski definition) is 5. The van der Waals surface area contributed by atoms with Gasteiger partial charge in [0.15, 0.2) is 0 Å². The molecule has 2 atom stereocenters. The summed E-state index contributed by atoms with van der Waals surface area (Å²) in [6, 6.07) is 0. The lowest BCUT2D eigenvalue weighted by Gasteiger charge is -2.14. The Hall–Kier alpha value is -0.930. The molecular formula is C11H13IN4O2. The zero-order chi connectivity index (χ0) is 12.7. The molecule has 0 aliphatic carbocycles. The Morgan fingerprint density at radius 1 is 1.50 bits per heavy atom. The predicted octanol–water partition coefficient (Wildman–Crippen LogP) is 1.29. The molecule has 0 radical (unpaired) electrons. The molecule has 2 aromatic rings. The number of anilines is 1. The van der Waals surface area contributed by atoms with Crippen molar-refractivity contribution < 1.29 is 9.84 Å². The number of hydrogen-bond donors (Lipinski definition) is 2. The fourth-order valence-corrected chi connectivity index (χ4v) is 3.12. The fraction of sp³-hybridized carbons (Fsp3) is 0.455. The molecule has 6 nitrogen and oxygen atoms in total.